The molecular formula is C14H24O8. The Morgan fingerprint density at radius 1 is 1.09 bits per heavy atom. The third-order valence-electron chi connectivity index (χ3n) is 3.17. The largest absolute Gasteiger partial charge is 0.394 e. The Kier molecular flexibility index (Phi) is 6.16. The van der Waals surface area contributed by atoms with Crippen molar-refractivity contribution in [1.82, 2.24) is 0 Å². The van der Waals surface area contributed by atoms with E-state index in [2.05, 4.69) is 0 Å². The summed E-state index contributed by atoms with van der Waals surface area (Å²) in [5.74, 6) is -6.84. The van der Waals surface area contributed by atoms with Crippen molar-refractivity contribution in [3.63, 3.8) is 0 Å². The first kappa shape index (κ1) is 17.2. The summed E-state index contributed by atoms with van der Waals surface area (Å²) in [5, 5.41) is 48.4. The average Bonchev–Trinajstić information content (AvgIpc) is 2.61. The van der Waals surface area contributed by atoms with Crippen LogP contribution in [0.4, 0.5) is 0 Å². The molecule has 8 heteroatoms. The Bertz CT molecular complexity index is 472. The van der Waals surface area contributed by atoms with Crippen LogP contribution in [0.2, 0.25) is 0 Å². The molecular weight excluding hydrogens is 296 g/mol. The van der Waals surface area contributed by atoms with E-state index in [-0.39, 0.29) is 0 Å². The van der Waals surface area contributed by atoms with Crippen molar-refractivity contribution in [1.29, 1.82) is 0 Å². The second kappa shape index (κ2) is 7.89. The third kappa shape index (κ3) is 3.96. The normalized spacial score (nSPS) is 22.3. The zero-order valence-electron chi connectivity index (χ0n) is 14.5. The van der Waals surface area contributed by atoms with Crippen LogP contribution in [-0.4, -0.2) is 73.4 Å². The number of Topliss-reactive ketones (excluding diaryl/α,β-unsaturated/α-hetero) is 3. The molecule has 0 rings (SSSR count). The molecule has 0 aliphatic heterocycles. The Labute approximate surface area is 131 Å². The summed E-state index contributed by atoms with van der Waals surface area (Å²) < 4.78 is 14.3. The molecule has 8 nitrogen and oxygen atoms in total. The maximum atomic E-state index is 12.3. The van der Waals surface area contributed by atoms with E-state index in [1.807, 2.05) is 0 Å². The zero-order chi connectivity index (χ0) is 19.2. The van der Waals surface area contributed by atoms with Crippen molar-refractivity contribution in [2.75, 3.05) is 6.61 Å². The fourth-order valence-electron chi connectivity index (χ4n) is 1.74. The van der Waals surface area contributed by atoms with Gasteiger partial charge in [0.15, 0.2) is 5.78 Å². The van der Waals surface area contributed by atoms with E-state index >= 15 is 0 Å². The maximum Gasteiger partial charge on any atom is 0.240 e. The van der Waals surface area contributed by atoms with Gasteiger partial charge in [-0.3, -0.25) is 14.4 Å². The Morgan fingerprint density at radius 3 is 2.00 bits per heavy atom. The highest BCUT2D eigenvalue weighted by Crippen LogP contribution is 2.24. The highest BCUT2D eigenvalue weighted by atomic mass is 16.4. The quantitative estimate of drug-likeness (QED) is 0.237. The number of hydrogen-bond acceptors (Lipinski definition) is 8. The summed E-state index contributed by atoms with van der Waals surface area (Å²) in [7, 11) is 0. The van der Waals surface area contributed by atoms with Crippen LogP contribution in [0, 0.1) is 11.8 Å². The molecule has 0 heterocycles. The molecule has 6 atom stereocenters. The second-order valence-corrected chi connectivity index (χ2v) is 5.31. The lowest BCUT2D eigenvalue weighted by molar-refractivity contribution is -0.184. The van der Waals surface area contributed by atoms with Crippen LogP contribution in [0.5, 0.6) is 0 Å². The molecule has 22 heavy (non-hydrogen) atoms. The van der Waals surface area contributed by atoms with Gasteiger partial charge in [-0.15, -0.1) is 0 Å². The number of carbonyl (C=O) groups is 3. The standard InChI is InChI=1S/C14H24O8/c1-6(2)9(17)12(20)14(22,11(19)7(3)4)13(21)10(18)8(16)5-15/h6-8,10,13,15-16,18,21-22H,5H2,1-4H3/t8-,10-,13+,14+/m1/s1/i1D,3D/t6?,7?,8-,10-,13+,14+. The third-order valence-corrected chi connectivity index (χ3v) is 3.17. The molecule has 0 aliphatic rings. The monoisotopic (exact) mass is 322 g/mol. The molecule has 0 fully saturated rings. The number of ketones is 3. The highest BCUT2D eigenvalue weighted by Gasteiger charge is 2.56. The first-order valence-electron chi connectivity index (χ1n) is 8.00. The molecule has 0 aromatic carbocycles. The van der Waals surface area contributed by atoms with Gasteiger partial charge in [0.05, 0.1) is 6.61 Å². The van der Waals surface area contributed by atoms with Crippen LogP contribution in [0.15, 0.2) is 0 Å². The minimum Gasteiger partial charge on any atom is -0.394 e. The minimum atomic E-state index is -3.39. The lowest BCUT2D eigenvalue weighted by Crippen LogP contribution is -2.65. The SMILES string of the molecule is [2H]CC(C)C(=O)C(=O)[C@@](O)(C(=O)C(C)C[2H])[C@@H](O)[C@H](O)[C@H](O)CO. The summed E-state index contributed by atoms with van der Waals surface area (Å²) in [6.45, 7) is 0.259. The number of carbonyl (C=O) groups excluding carboxylic acids is 3. The van der Waals surface area contributed by atoms with Gasteiger partial charge >= 0.3 is 0 Å². The number of hydrogen-bond donors (Lipinski definition) is 5. The van der Waals surface area contributed by atoms with E-state index in [0.717, 1.165) is 0 Å². The fraction of sp³-hybridized carbons (Fsp3) is 0.786. The Morgan fingerprint density at radius 2 is 1.59 bits per heavy atom. The second-order valence-electron chi connectivity index (χ2n) is 5.31. The van der Waals surface area contributed by atoms with E-state index < -0.39 is 73.5 Å². The minimum absolute atomic E-state index is 0.513. The molecule has 128 valence electrons. The summed E-state index contributed by atoms with van der Waals surface area (Å²) in [6, 6.07) is 0. The van der Waals surface area contributed by atoms with Gasteiger partial charge in [0.2, 0.25) is 17.2 Å². The van der Waals surface area contributed by atoms with Crippen LogP contribution in [-0.2, 0) is 14.4 Å². The number of rotatable bonds is 9. The Hall–Kier alpha value is -1.19. The van der Waals surface area contributed by atoms with Crippen LogP contribution in [0.1, 0.15) is 30.4 Å². The van der Waals surface area contributed by atoms with Gasteiger partial charge in [-0.05, 0) is 0 Å². The topological polar surface area (TPSA) is 152 Å². The van der Waals surface area contributed by atoms with Crippen molar-refractivity contribution in [3.05, 3.63) is 0 Å². The van der Waals surface area contributed by atoms with Crippen LogP contribution in [0.25, 0.3) is 0 Å². The van der Waals surface area contributed by atoms with Gasteiger partial charge in [0.25, 0.3) is 0 Å². The average molecular weight is 322 g/mol. The van der Waals surface area contributed by atoms with E-state index in [0.29, 0.717) is 0 Å². The lowest BCUT2D eigenvalue weighted by Gasteiger charge is -2.35. The van der Waals surface area contributed by atoms with E-state index in [9.17, 15) is 34.8 Å². The van der Waals surface area contributed by atoms with Gasteiger partial charge in [-0.2, -0.15) is 0 Å². The maximum absolute atomic E-state index is 12.3. The summed E-state index contributed by atoms with van der Waals surface area (Å²) in [4.78, 5) is 36.6. The van der Waals surface area contributed by atoms with Gasteiger partial charge in [-0.1, -0.05) is 27.6 Å². The fourth-order valence-corrected chi connectivity index (χ4v) is 1.74. The van der Waals surface area contributed by atoms with Crippen molar-refractivity contribution in [3.8, 4) is 0 Å². The van der Waals surface area contributed by atoms with E-state index in [1.165, 1.54) is 13.8 Å². The molecule has 5 N–H and O–H groups in total. The van der Waals surface area contributed by atoms with Gasteiger partial charge < -0.3 is 25.5 Å². The predicted molar refractivity (Wildman–Crippen MR) is 74.8 cm³/mol. The Balaban J connectivity index is 5.98. The molecule has 0 aliphatic carbocycles. The molecule has 0 saturated carbocycles. The molecule has 0 aromatic rings. The van der Waals surface area contributed by atoms with Crippen molar-refractivity contribution in [2.45, 2.75) is 51.6 Å². The van der Waals surface area contributed by atoms with E-state index in [4.69, 9.17) is 7.85 Å². The molecule has 0 bridgehead atoms. The summed E-state index contributed by atoms with van der Waals surface area (Å²) in [5.41, 5.74) is -3.39. The molecule has 0 aromatic heterocycles. The molecule has 0 saturated heterocycles. The molecule has 0 amide bonds. The zero-order valence-corrected chi connectivity index (χ0v) is 12.5. The molecule has 0 radical (unpaired) electrons. The van der Waals surface area contributed by atoms with Crippen LogP contribution in [0.3, 0.4) is 0 Å². The van der Waals surface area contributed by atoms with Crippen LogP contribution >= 0.6 is 0 Å². The predicted octanol–water partition coefficient (Wildman–Crippen LogP) is -2.19. The van der Waals surface area contributed by atoms with Gasteiger partial charge in [0, 0.05) is 14.6 Å². The van der Waals surface area contributed by atoms with Gasteiger partial charge in [-0.25, -0.2) is 0 Å². The summed E-state index contributed by atoms with van der Waals surface area (Å²) >= 11 is 0. The van der Waals surface area contributed by atoms with Crippen molar-refractivity contribution >= 4 is 17.3 Å². The molecule has 0 spiro atoms. The van der Waals surface area contributed by atoms with Gasteiger partial charge in [0.1, 0.15) is 18.3 Å². The number of aliphatic hydroxyl groups is 5. The highest BCUT2D eigenvalue weighted by molar-refractivity contribution is 6.45. The van der Waals surface area contributed by atoms with Crippen molar-refractivity contribution < 1.29 is 42.7 Å². The number of aliphatic hydroxyl groups excluding tert-OH is 4. The first-order chi connectivity index (χ1) is 11.0. The lowest BCUT2D eigenvalue weighted by atomic mass is 9.76. The molecule has 2 unspecified atom stereocenters. The van der Waals surface area contributed by atoms with Crippen LogP contribution < -0.4 is 0 Å². The van der Waals surface area contributed by atoms with Crippen molar-refractivity contribution in [2.24, 2.45) is 11.8 Å². The first-order valence-corrected chi connectivity index (χ1v) is 6.59. The summed E-state index contributed by atoms with van der Waals surface area (Å²) in [6.07, 6.45) is -6.89. The smallest absolute Gasteiger partial charge is 0.240 e. The van der Waals surface area contributed by atoms with E-state index in [1.54, 1.807) is 0 Å².